The highest BCUT2D eigenvalue weighted by molar-refractivity contribution is 5.67. The Bertz CT molecular complexity index is 173. The molecule has 0 aromatic rings. The Morgan fingerprint density at radius 2 is 2.13 bits per heavy atom. The minimum Gasteiger partial charge on any atom is -0.481 e. The third-order valence-electron chi connectivity index (χ3n) is 1.66. The van der Waals surface area contributed by atoms with Gasteiger partial charge in [-0.25, -0.2) is 0 Å². The van der Waals surface area contributed by atoms with Crippen LogP contribution in [0.15, 0.2) is 0 Å². The molecule has 5 nitrogen and oxygen atoms in total. The third-order valence-corrected chi connectivity index (χ3v) is 1.66. The molecule has 0 fully saturated rings. The van der Waals surface area contributed by atoms with Crippen molar-refractivity contribution in [1.29, 1.82) is 0 Å². The molecule has 0 heterocycles. The van der Waals surface area contributed by atoms with Gasteiger partial charge in [-0.2, -0.15) is 0 Å². The van der Waals surface area contributed by atoms with E-state index in [1.54, 1.807) is 0 Å². The van der Waals surface area contributed by atoms with E-state index in [0.717, 1.165) is 6.61 Å². The highest BCUT2D eigenvalue weighted by Crippen LogP contribution is 1.91. The largest absolute Gasteiger partial charge is 0.481 e. The van der Waals surface area contributed by atoms with Gasteiger partial charge in [0, 0.05) is 19.7 Å². The molecule has 3 N–H and O–H groups in total. The van der Waals surface area contributed by atoms with Crippen molar-refractivity contribution >= 4 is 5.97 Å². The van der Waals surface area contributed by atoms with Crippen LogP contribution in [-0.4, -0.2) is 48.6 Å². The first kappa shape index (κ1) is 14.3. The number of nitrogens with one attached hydrogen (secondary N) is 1. The lowest BCUT2D eigenvalue weighted by atomic mass is 10.2. The van der Waals surface area contributed by atoms with Crippen molar-refractivity contribution in [2.24, 2.45) is 5.92 Å². The van der Waals surface area contributed by atoms with Crippen molar-refractivity contribution in [3.8, 4) is 0 Å². The van der Waals surface area contributed by atoms with E-state index in [9.17, 15) is 9.90 Å². The molecule has 0 saturated carbocycles. The van der Waals surface area contributed by atoms with Crippen molar-refractivity contribution in [2.75, 3.05) is 26.3 Å². The maximum Gasteiger partial charge on any atom is 0.306 e. The van der Waals surface area contributed by atoms with E-state index < -0.39 is 12.1 Å². The van der Waals surface area contributed by atoms with E-state index in [-0.39, 0.29) is 13.0 Å². The number of aliphatic hydroxyl groups is 1. The Balaban J connectivity index is 3.20. The number of aliphatic hydroxyl groups excluding tert-OH is 1. The predicted octanol–water partition coefficient (Wildman–Crippen LogP) is 0.0842. The molecule has 0 aliphatic carbocycles. The van der Waals surface area contributed by atoms with E-state index in [2.05, 4.69) is 19.2 Å². The fourth-order valence-corrected chi connectivity index (χ4v) is 1.01. The summed E-state index contributed by atoms with van der Waals surface area (Å²) in [7, 11) is 0. The first-order valence-electron chi connectivity index (χ1n) is 5.20. The van der Waals surface area contributed by atoms with Gasteiger partial charge in [-0.1, -0.05) is 13.8 Å². The molecule has 0 aliphatic rings. The maximum absolute atomic E-state index is 10.2. The Labute approximate surface area is 90.4 Å². The van der Waals surface area contributed by atoms with E-state index >= 15 is 0 Å². The molecule has 0 radical (unpaired) electrons. The molecule has 0 rings (SSSR count). The molecule has 0 amide bonds. The van der Waals surface area contributed by atoms with Crippen molar-refractivity contribution in [3.63, 3.8) is 0 Å². The van der Waals surface area contributed by atoms with Crippen LogP contribution in [0.2, 0.25) is 0 Å². The van der Waals surface area contributed by atoms with E-state index in [1.807, 2.05) is 0 Å². The van der Waals surface area contributed by atoms with E-state index in [4.69, 9.17) is 9.84 Å². The van der Waals surface area contributed by atoms with Crippen LogP contribution < -0.4 is 5.32 Å². The summed E-state index contributed by atoms with van der Waals surface area (Å²) in [6.07, 6.45) is -1.05. The van der Waals surface area contributed by atoms with Crippen LogP contribution in [0.25, 0.3) is 0 Å². The van der Waals surface area contributed by atoms with Crippen LogP contribution in [0.1, 0.15) is 20.3 Å². The highest BCUT2D eigenvalue weighted by atomic mass is 16.5. The first-order valence-corrected chi connectivity index (χ1v) is 5.20. The Kier molecular flexibility index (Phi) is 8.27. The SMILES string of the molecule is CC(C)COCCNCC(O)CC(=O)O. The maximum atomic E-state index is 10.2. The molecule has 0 aromatic carbocycles. The summed E-state index contributed by atoms with van der Waals surface area (Å²) < 4.78 is 5.30. The predicted molar refractivity (Wildman–Crippen MR) is 56.8 cm³/mol. The molecule has 1 atom stereocenters. The van der Waals surface area contributed by atoms with Crippen molar-refractivity contribution < 1.29 is 19.7 Å². The number of rotatable bonds is 9. The fraction of sp³-hybridized carbons (Fsp3) is 0.900. The van der Waals surface area contributed by atoms with Gasteiger partial charge in [-0.3, -0.25) is 4.79 Å². The van der Waals surface area contributed by atoms with Gasteiger partial charge in [0.1, 0.15) is 0 Å². The molecular formula is C10H21NO4. The van der Waals surface area contributed by atoms with Gasteiger partial charge < -0.3 is 20.3 Å². The van der Waals surface area contributed by atoms with E-state index in [0.29, 0.717) is 19.1 Å². The zero-order valence-electron chi connectivity index (χ0n) is 9.40. The second-order valence-electron chi connectivity index (χ2n) is 3.92. The van der Waals surface area contributed by atoms with Gasteiger partial charge >= 0.3 is 5.97 Å². The summed E-state index contributed by atoms with van der Waals surface area (Å²) in [6.45, 7) is 6.37. The summed E-state index contributed by atoms with van der Waals surface area (Å²) in [6, 6.07) is 0. The lowest BCUT2D eigenvalue weighted by Gasteiger charge is -2.10. The van der Waals surface area contributed by atoms with E-state index in [1.165, 1.54) is 0 Å². The molecule has 0 aliphatic heterocycles. The smallest absolute Gasteiger partial charge is 0.306 e. The van der Waals surface area contributed by atoms with Crippen molar-refractivity contribution in [1.82, 2.24) is 5.32 Å². The fourth-order valence-electron chi connectivity index (χ4n) is 1.01. The van der Waals surface area contributed by atoms with Crippen LogP contribution in [0.5, 0.6) is 0 Å². The molecule has 0 aromatic heterocycles. The summed E-state index contributed by atoms with van der Waals surface area (Å²) in [4.78, 5) is 10.2. The molecule has 1 unspecified atom stereocenters. The van der Waals surface area contributed by atoms with Crippen molar-refractivity contribution in [3.05, 3.63) is 0 Å². The number of ether oxygens (including phenoxy) is 1. The minimum absolute atomic E-state index is 0.222. The standard InChI is InChI=1S/C10H21NO4/c1-8(2)7-15-4-3-11-6-9(12)5-10(13)14/h8-9,11-12H,3-7H2,1-2H3,(H,13,14). The number of hydrogen-bond acceptors (Lipinski definition) is 4. The summed E-state index contributed by atoms with van der Waals surface area (Å²) in [5.74, 6) is -0.469. The average Bonchev–Trinajstić information content (AvgIpc) is 2.09. The van der Waals surface area contributed by atoms with Gasteiger partial charge in [0.2, 0.25) is 0 Å². The molecule has 15 heavy (non-hydrogen) atoms. The number of hydrogen-bond donors (Lipinski definition) is 3. The topological polar surface area (TPSA) is 78.8 Å². The molecule has 0 saturated heterocycles. The normalized spacial score (nSPS) is 13.1. The van der Waals surface area contributed by atoms with Crippen molar-refractivity contribution in [2.45, 2.75) is 26.4 Å². The molecule has 0 bridgehead atoms. The first-order chi connectivity index (χ1) is 7.02. The Hall–Kier alpha value is -0.650. The van der Waals surface area contributed by atoms with Crippen LogP contribution >= 0.6 is 0 Å². The lowest BCUT2D eigenvalue weighted by Crippen LogP contribution is -2.31. The second-order valence-corrected chi connectivity index (χ2v) is 3.92. The zero-order chi connectivity index (χ0) is 11.7. The second kappa shape index (κ2) is 8.64. The van der Waals surface area contributed by atoms with Crippen LogP contribution in [0.3, 0.4) is 0 Å². The Morgan fingerprint density at radius 3 is 2.67 bits per heavy atom. The quantitative estimate of drug-likeness (QED) is 0.479. The number of carbonyl (C=O) groups is 1. The van der Waals surface area contributed by atoms with Gasteiger partial charge in [-0.05, 0) is 5.92 Å². The zero-order valence-corrected chi connectivity index (χ0v) is 9.40. The number of aliphatic carboxylic acids is 1. The lowest BCUT2D eigenvalue weighted by molar-refractivity contribution is -0.139. The summed E-state index contributed by atoms with van der Waals surface area (Å²) >= 11 is 0. The van der Waals surface area contributed by atoms with Crippen LogP contribution in [0.4, 0.5) is 0 Å². The summed E-state index contributed by atoms with van der Waals surface area (Å²) in [5.41, 5.74) is 0. The molecule has 5 heteroatoms. The minimum atomic E-state index is -0.986. The molecular weight excluding hydrogens is 198 g/mol. The van der Waals surface area contributed by atoms with Gasteiger partial charge in [0.05, 0.1) is 19.1 Å². The monoisotopic (exact) mass is 219 g/mol. The number of carboxylic acid groups (broad SMARTS) is 1. The van der Waals surface area contributed by atoms with Crippen LogP contribution in [0, 0.1) is 5.92 Å². The highest BCUT2D eigenvalue weighted by Gasteiger charge is 2.07. The van der Waals surface area contributed by atoms with Gasteiger partial charge in [0.15, 0.2) is 0 Å². The third kappa shape index (κ3) is 11.3. The average molecular weight is 219 g/mol. The van der Waals surface area contributed by atoms with Gasteiger partial charge in [0.25, 0.3) is 0 Å². The summed E-state index contributed by atoms with van der Waals surface area (Å²) in [5, 5.41) is 20.5. The van der Waals surface area contributed by atoms with Gasteiger partial charge in [-0.15, -0.1) is 0 Å². The van der Waals surface area contributed by atoms with Crippen LogP contribution in [-0.2, 0) is 9.53 Å². The Morgan fingerprint density at radius 1 is 1.47 bits per heavy atom. The molecule has 90 valence electrons. The molecule has 0 spiro atoms. The number of carboxylic acids is 1.